The molecule has 2 aromatic carbocycles. The highest BCUT2D eigenvalue weighted by molar-refractivity contribution is 5.99. The third-order valence-corrected chi connectivity index (χ3v) is 6.46. The molecule has 4 aromatic rings. The van der Waals surface area contributed by atoms with Gasteiger partial charge in [0.15, 0.2) is 5.65 Å². The van der Waals surface area contributed by atoms with Crippen molar-refractivity contribution >= 4 is 28.3 Å². The van der Waals surface area contributed by atoms with Gasteiger partial charge >= 0.3 is 6.03 Å². The summed E-state index contributed by atoms with van der Waals surface area (Å²) in [6, 6.07) is 14.4. The van der Waals surface area contributed by atoms with Gasteiger partial charge in [-0.1, -0.05) is 36.8 Å². The van der Waals surface area contributed by atoms with E-state index < -0.39 is 6.03 Å². The van der Waals surface area contributed by atoms with Gasteiger partial charge in [-0.05, 0) is 74.2 Å². The Morgan fingerprint density at radius 3 is 2.50 bits per heavy atom. The molecule has 7 nitrogen and oxygen atoms in total. The predicted molar refractivity (Wildman–Crippen MR) is 128 cm³/mol. The minimum absolute atomic E-state index is 0.558. The Balaban J connectivity index is 1.54. The number of likely N-dealkylation sites (tertiary alicyclic amines) is 1. The zero-order valence-electron chi connectivity index (χ0n) is 18.6. The maximum absolute atomic E-state index is 11.6. The molecule has 1 aliphatic heterocycles. The molecule has 0 saturated carbocycles. The number of hydrogen-bond acceptors (Lipinski definition) is 4. The molecule has 0 unspecified atom stereocenters. The molecule has 1 saturated heterocycles. The van der Waals surface area contributed by atoms with Crippen molar-refractivity contribution in [2.24, 2.45) is 5.73 Å². The van der Waals surface area contributed by atoms with Crippen LogP contribution in [0.15, 0.2) is 42.5 Å². The fraction of sp³-hybridized carbons (Fsp3) is 0.320. The molecule has 0 bridgehead atoms. The molecule has 164 valence electrons. The maximum atomic E-state index is 11.6. The topological polar surface area (TPSA) is 88.5 Å². The van der Waals surface area contributed by atoms with Crippen LogP contribution in [0, 0.1) is 13.8 Å². The van der Waals surface area contributed by atoms with Crippen LogP contribution in [0.5, 0.6) is 0 Å². The average molecular weight is 429 g/mol. The van der Waals surface area contributed by atoms with Gasteiger partial charge in [0.1, 0.15) is 5.82 Å². The van der Waals surface area contributed by atoms with E-state index in [-0.39, 0.29) is 0 Å². The van der Waals surface area contributed by atoms with Crippen molar-refractivity contribution in [3.63, 3.8) is 0 Å². The highest BCUT2D eigenvalue weighted by Gasteiger charge is 2.16. The first kappa shape index (κ1) is 20.5. The second-order valence-electron chi connectivity index (χ2n) is 8.66. The number of nitrogens with one attached hydrogen (secondary N) is 1. The Morgan fingerprint density at radius 2 is 1.78 bits per heavy atom. The highest BCUT2D eigenvalue weighted by Crippen LogP contribution is 2.33. The van der Waals surface area contributed by atoms with E-state index in [9.17, 15) is 4.79 Å². The van der Waals surface area contributed by atoms with Crippen LogP contribution in [0.4, 0.5) is 10.5 Å². The third-order valence-electron chi connectivity index (χ3n) is 6.46. The van der Waals surface area contributed by atoms with E-state index in [1.807, 2.05) is 17.4 Å². The molecule has 0 spiro atoms. The van der Waals surface area contributed by atoms with Crippen molar-refractivity contribution in [2.75, 3.05) is 18.4 Å². The fourth-order valence-electron chi connectivity index (χ4n) is 4.83. The standard InChI is InChI=1S/C25H28N6O/c1-16-20(19-8-6-18(7-9-19)15-30-12-4-3-5-13-30)10-11-23-21(16)14-22(27-25(26)32)24-29-28-17(2)31(23)24/h6-11,14H,3-5,12-13,15H2,1-2H3,(H3,26,27,32). The molecular weight excluding hydrogens is 400 g/mol. The number of urea groups is 1. The molecule has 2 amide bonds. The van der Waals surface area contributed by atoms with Crippen LogP contribution in [0.25, 0.3) is 27.7 Å². The van der Waals surface area contributed by atoms with Crippen LogP contribution in [-0.4, -0.2) is 38.6 Å². The van der Waals surface area contributed by atoms with E-state index in [2.05, 4.69) is 63.7 Å². The van der Waals surface area contributed by atoms with Gasteiger partial charge in [-0.2, -0.15) is 0 Å². The van der Waals surface area contributed by atoms with Crippen LogP contribution in [-0.2, 0) is 6.54 Å². The third kappa shape index (κ3) is 3.69. The summed E-state index contributed by atoms with van der Waals surface area (Å²) < 4.78 is 1.96. The Labute approximate surface area is 187 Å². The van der Waals surface area contributed by atoms with E-state index in [0.717, 1.165) is 34.4 Å². The predicted octanol–water partition coefficient (Wildman–Crippen LogP) is 4.64. The number of hydrogen-bond donors (Lipinski definition) is 2. The number of carbonyl (C=O) groups excluding carboxylic acids is 1. The molecule has 1 aliphatic rings. The van der Waals surface area contributed by atoms with Gasteiger partial charge in [0, 0.05) is 11.9 Å². The SMILES string of the molecule is Cc1c(-c2ccc(CN3CCCCC3)cc2)ccc2c1cc(NC(N)=O)c1nnc(C)n12. The Bertz CT molecular complexity index is 1300. The van der Waals surface area contributed by atoms with Crippen molar-refractivity contribution in [3.05, 3.63) is 59.4 Å². The summed E-state index contributed by atoms with van der Waals surface area (Å²) in [5, 5.41) is 12.2. The summed E-state index contributed by atoms with van der Waals surface area (Å²) in [6.07, 6.45) is 3.97. The molecule has 0 atom stereocenters. The van der Waals surface area contributed by atoms with Gasteiger partial charge in [-0.3, -0.25) is 9.30 Å². The molecule has 2 aromatic heterocycles. The molecule has 1 fully saturated rings. The van der Waals surface area contributed by atoms with E-state index >= 15 is 0 Å². The number of fused-ring (bicyclic) bond motifs is 3. The van der Waals surface area contributed by atoms with Crippen molar-refractivity contribution in [1.82, 2.24) is 19.5 Å². The molecular formula is C25H28N6O. The van der Waals surface area contributed by atoms with Crippen LogP contribution in [0.3, 0.4) is 0 Å². The van der Waals surface area contributed by atoms with Gasteiger partial charge in [0.25, 0.3) is 0 Å². The van der Waals surface area contributed by atoms with Crippen molar-refractivity contribution < 1.29 is 4.79 Å². The highest BCUT2D eigenvalue weighted by atomic mass is 16.2. The Morgan fingerprint density at radius 1 is 1.03 bits per heavy atom. The quantitative estimate of drug-likeness (QED) is 0.495. The minimum Gasteiger partial charge on any atom is -0.351 e. The molecule has 7 heteroatoms. The lowest BCUT2D eigenvalue weighted by Crippen LogP contribution is -2.28. The van der Waals surface area contributed by atoms with Gasteiger partial charge in [-0.25, -0.2) is 4.79 Å². The van der Waals surface area contributed by atoms with Gasteiger partial charge in [0.05, 0.1) is 11.2 Å². The number of piperidine rings is 1. The van der Waals surface area contributed by atoms with Crippen molar-refractivity contribution in [3.8, 4) is 11.1 Å². The van der Waals surface area contributed by atoms with Gasteiger partial charge in [-0.15, -0.1) is 10.2 Å². The largest absolute Gasteiger partial charge is 0.351 e. The summed E-state index contributed by atoms with van der Waals surface area (Å²) in [7, 11) is 0. The van der Waals surface area contributed by atoms with Gasteiger partial charge < -0.3 is 11.1 Å². The number of carbonyl (C=O) groups is 1. The molecule has 5 rings (SSSR count). The number of benzene rings is 2. The lowest BCUT2D eigenvalue weighted by Gasteiger charge is -2.26. The molecule has 0 aliphatic carbocycles. The van der Waals surface area contributed by atoms with Crippen LogP contribution < -0.4 is 11.1 Å². The van der Waals surface area contributed by atoms with Gasteiger partial charge in [0.2, 0.25) is 0 Å². The number of anilines is 1. The number of aryl methyl sites for hydroxylation is 2. The Kier molecular flexibility index (Phi) is 5.27. The molecule has 0 radical (unpaired) electrons. The number of nitrogens with zero attached hydrogens (tertiary/aromatic N) is 4. The van der Waals surface area contributed by atoms with Crippen LogP contribution >= 0.6 is 0 Å². The number of pyridine rings is 1. The molecule has 3 N–H and O–H groups in total. The second kappa shape index (κ2) is 8.24. The van der Waals surface area contributed by atoms with Crippen molar-refractivity contribution in [2.45, 2.75) is 39.7 Å². The summed E-state index contributed by atoms with van der Waals surface area (Å²) in [5.74, 6) is 0.757. The summed E-state index contributed by atoms with van der Waals surface area (Å²) in [4.78, 5) is 14.1. The summed E-state index contributed by atoms with van der Waals surface area (Å²) >= 11 is 0. The summed E-state index contributed by atoms with van der Waals surface area (Å²) in [5.41, 5.74) is 12.4. The second-order valence-corrected chi connectivity index (χ2v) is 8.66. The number of rotatable bonds is 4. The average Bonchev–Trinajstić information content (AvgIpc) is 3.18. The first-order chi connectivity index (χ1) is 15.5. The van der Waals surface area contributed by atoms with Crippen LogP contribution in [0.1, 0.15) is 36.2 Å². The van der Waals surface area contributed by atoms with E-state index in [4.69, 9.17) is 5.73 Å². The normalized spacial score (nSPS) is 14.8. The number of primary amides is 1. The fourth-order valence-corrected chi connectivity index (χ4v) is 4.83. The van der Waals surface area contributed by atoms with E-state index in [1.165, 1.54) is 43.5 Å². The first-order valence-electron chi connectivity index (χ1n) is 11.2. The summed E-state index contributed by atoms with van der Waals surface area (Å²) in [6.45, 7) is 7.43. The van der Waals surface area contributed by atoms with E-state index in [1.54, 1.807) is 0 Å². The zero-order chi connectivity index (χ0) is 22.2. The molecule has 3 heterocycles. The lowest BCUT2D eigenvalue weighted by molar-refractivity contribution is 0.221. The first-order valence-corrected chi connectivity index (χ1v) is 11.2. The minimum atomic E-state index is -0.620. The van der Waals surface area contributed by atoms with Crippen LogP contribution in [0.2, 0.25) is 0 Å². The smallest absolute Gasteiger partial charge is 0.316 e. The molecule has 32 heavy (non-hydrogen) atoms. The monoisotopic (exact) mass is 428 g/mol. The lowest BCUT2D eigenvalue weighted by atomic mass is 9.95. The zero-order valence-corrected chi connectivity index (χ0v) is 18.6. The Hall–Kier alpha value is -3.45. The van der Waals surface area contributed by atoms with E-state index in [0.29, 0.717) is 11.3 Å². The number of amides is 2. The van der Waals surface area contributed by atoms with Crippen molar-refractivity contribution in [1.29, 1.82) is 0 Å². The number of nitrogens with two attached hydrogens (primary N) is 1. The number of aromatic nitrogens is 3. The maximum Gasteiger partial charge on any atom is 0.316 e.